The van der Waals surface area contributed by atoms with Gasteiger partial charge in [0.25, 0.3) is 5.91 Å². The molecule has 3 heterocycles. The molecule has 0 radical (unpaired) electrons. The molecule has 0 spiro atoms. The van der Waals surface area contributed by atoms with Crippen molar-refractivity contribution < 1.29 is 14.3 Å². The van der Waals surface area contributed by atoms with Crippen molar-refractivity contribution in [2.45, 2.75) is 50.8 Å². The van der Waals surface area contributed by atoms with Crippen LogP contribution in [0.15, 0.2) is 48.8 Å². The number of nitrogens with zero attached hydrogens (tertiary/aromatic N) is 2. The molecule has 2 aliphatic heterocycles. The first-order valence-electron chi connectivity index (χ1n) is 9.26. The smallest absolute Gasteiger partial charge is 0.261 e. The van der Waals surface area contributed by atoms with Crippen molar-refractivity contribution in [3.05, 3.63) is 54.4 Å². The molecule has 0 N–H and O–H groups in total. The number of aromatic nitrogens is 1. The van der Waals surface area contributed by atoms with Crippen LogP contribution < -0.4 is 9.47 Å². The Hall–Kier alpha value is -2.56. The number of carbonyl (C=O) groups excluding carboxylic acids is 1. The van der Waals surface area contributed by atoms with Crippen LogP contribution in [0.5, 0.6) is 11.5 Å². The van der Waals surface area contributed by atoms with Crippen molar-refractivity contribution in [3.8, 4) is 11.5 Å². The number of hydrogen-bond acceptors (Lipinski definition) is 4. The summed E-state index contributed by atoms with van der Waals surface area (Å²) in [4.78, 5) is 18.8. The molecule has 2 fully saturated rings. The van der Waals surface area contributed by atoms with E-state index in [0.29, 0.717) is 0 Å². The maximum Gasteiger partial charge on any atom is 0.261 e. The van der Waals surface area contributed by atoms with Crippen LogP contribution >= 0.6 is 0 Å². The highest BCUT2D eigenvalue weighted by atomic mass is 16.5. The van der Waals surface area contributed by atoms with Gasteiger partial charge in [0.05, 0.1) is 0 Å². The number of rotatable bonds is 5. The first kappa shape index (κ1) is 16.9. The van der Waals surface area contributed by atoms with Crippen LogP contribution in [0.3, 0.4) is 0 Å². The molecule has 2 unspecified atom stereocenters. The predicted octanol–water partition coefficient (Wildman–Crippen LogP) is 3.37. The van der Waals surface area contributed by atoms with Crippen LogP contribution in [0, 0.1) is 6.92 Å². The Morgan fingerprint density at radius 2 is 1.69 bits per heavy atom. The minimum atomic E-state index is 0.0837. The Morgan fingerprint density at radius 3 is 2.35 bits per heavy atom. The van der Waals surface area contributed by atoms with E-state index in [1.165, 1.54) is 5.56 Å². The van der Waals surface area contributed by atoms with Gasteiger partial charge in [0, 0.05) is 37.3 Å². The van der Waals surface area contributed by atoms with Crippen LogP contribution in [0.2, 0.25) is 0 Å². The lowest BCUT2D eigenvalue weighted by Crippen LogP contribution is -2.50. The van der Waals surface area contributed by atoms with Gasteiger partial charge in [-0.2, -0.15) is 0 Å². The third kappa shape index (κ3) is 3.66. The predicted molar refractivity (Wildman–Crippen MR) is 98.2 cm³/mol. The summed E-state index contributed by atoms with van der Waals surface area (Å²) in [6, 6.07) is 12.1. The van der Waals surface area contributed by atoms with E-state index in [9.17, 15) is 4.79 Å². The zero-order valence-corrected chi connectivity index (χ0v) is 15.0. The summed E-state index contributed by atoms with van der Waals surface area (Å²) in [5.41, 5.74) is 1.18. The third-order valence-corrected chi connectivity index (χ3v) is 5.31. The van der Waals surface area contributed by atoms with Crippen LogP contribution in [0.25, 0.3) is 0 Å². The van der Waals surface area contributed by atoms with Gasteiger partial charge in [-0.05, 0) is 44.0 Å². The van der Waals surface area contributed by atoms with E-state index < -0.39 is 0 Å². The van der Waals surface area contributed by atoms with E-state index in [1.807, 2.05) is 48.2 Å². The molecule has 2 atom stereocenters. The topological polar surface area (TPSA) is 51.7 Å². The highest BCUT2D eigenvalue weighted by Gasteiger charge is 2.44. The van der Waals surface area contributed by atoms with Gasteiger partial charge in [0.2, 0.25) is 0 Å². The second-order valence-electron chi connectivity index (χ2n) is 7.18. The monoisotopic (exact) mass is 352 g/mol. The fourth-order valence-electron chi connectivity index (χ4n) is 4.09. The minimum Gasteiger partial charge on any atom is -0.490 e. The maximum absolute atomic E-state index is 12.7. The van der Waals surface area contributed by atoms with Gasteiger partial charge < -0.3 is 14.4 Å². The molecule has 136 valence electrons. The van der Waals surface area contributed by atoms with E-state index in [-0.39, 0.29) is 30.7 Å². The number of piperidine rings is 1. The highest BCUT2D eigenvalue weighted by Crippen LogP contribution is 2.37. The molecule has 0 aliphatic carbocycles. The van der Waals surface area contributed by atoms with Gasteiger partial charge in [-0.3, -0.25) is 9.78 Å². The molecule has 2 aromatic rings. The molecule has 5 heteroatoms. The Morgan fingerprint density at radius 1 is 1.04 bits per heavy atom. The summed E-state index contributed by atoms with van der Waals surface area (Å²) in [6.45, 7) is 2.14. The van der Waals surface area contributed by atoms with Crippen molar-refractivity contribution >= 4 is 5.91 Å². The Bertz CT molecular complexity index is 734. The molecular formula is C21H24N2O3. The summed E-state index contributed by atoms with van der Waals surface area (Å²) < 4.78 is 11.8. The molecule has 2 bridgehead atoms. The van der Waals surface area contributed by atoms with Gasteiger partial charge in [-0.1, -0.05) is 17.7 Å². The molecule has 2 saturated heterocycles. The molecule has 0 saturated carbocycles. The fourth-order valence-corrected chi connectivity index (χ4v) is 4.09. The van der Waals surface area contributed by atoms with Crippen LogP contribution in [0.4, 0.5) is 0 Å². The van der Waals surface area contributed by atoms with Gasteiger partial charge in [-0.25, -0.2) is 0 Å². The Balaban J connectivity index is 1.34. The number of benzene rings is 1. The highest BCUT2D eigenvalue weighted by molar-refractivity contribution is 5.79. The molecular weight excluding hydrogens is 328 g/mol. The average molecular weight is 352 g/mol. The third-order valence-electron chi connectivity index (χ3n) is 5.31. The first-order valence-corrected chi connectivity index (χ1v) is 9.26. The Kier molecular flexibility index (Phi) is 4.78. The van der Waals surface area contributed by atoms with Gasteiger partial charge >= 0.3 is 0 Å². The number of fused-ring (bicyclic) bond motifs is 2. The zero-order chi connectivity index (χ0) is 17.9. The quantitative estimate of drug-likeness (QED) is 0.828. The van der Waals surface area contributed by atoms with Gasteiger partial charge in [0.15, 0.2) is 6.61 Å². The first-order chi connectivity index (χ1) is 12.7. The SMILES string of the molecule is Cc1ccc(OCC(=O)N2C3CCC2CC(Oc2ccncc2)C3)cc1. The summed E-state index contributed by atoms with van der Waals surface area (Å²) >= 11 is 0. The van der Waals surface area contributed by atoms with Crippen molar-refractivity contribution in [1.82, 2.24) is 9.88 Å². The lowest BCUT2D eigenvalue weighted by Gasteiger charge is -2.38. The number of carbonyl (C=O) groups is 1. The lowest BCUT2D eigenvalue weighted by molar-refractivity contribution is -0.139. The molecule has 1 aromatic heterocycles. The molecule has 2 aliphatic rings. The average Bonchev–Trinajstić information content (AvgIpc) is 2.93. The van der Waals surface area contributed by atoms with Crippen molar-refractivity contribution in [2.24, 2.45) is 0 Å². The van der Waals surface area contributed by atoms with E-state index in [2.05, 4.69) is 4.98 Å². The second kappa shape index (κ2) is 7.36. The van der Waals surface area contributed by atoms with Crippen molar-refractivity contribution in [2.75, 3.05) is 6.61 Å². The van der Waals surface area contributed by atoms with Crippen LogP contribution in [-0.2, 0) is 4.79 Å². The molecule has 1 amide bonds. The van der Waals surface area contributed by atoms with Crippen LogP contribution in [0.1, 0.15) is 31.2 Å². The van der Waals surface area contributed by atoms with Crippen LogP contribution in [-0.4, -0.2) is 40.6 Å². The molecule has 26 heavy (non-hydrogen) atoms. The summed E-state index contributed by atoms with van der Waals surface area (Å²) in [5.74, 6) is 1.68. The zero-order valence-electron chi connectivity index (χ0n) is 15.0. The molecule has 5 nitrogen and oxygen atoms in total. The number of ether oxygens (including phenoxy) is 2. The second-order valence-corrected chi connectivity index (χ2v) is 7.18. The number of amides is 1. The summed E-state index contributed by atoms with van der Waals surface area (Å²) in [6.07, 6.45) is 7.52. The number of hydrogen-bond donors (Lipinski definition) is 0. The van der Waals surface area contributed by atoms with Gasteiger partial charge in [-0.15, -0.1) is 0 Å². The largest absolute Gasteiger partial charge is 0.490 e. The lowest BCUT2D eigenvalue weighted by atomic mass is 9.99. The standard InChI is InChI=1S/C21H24N2O3/c1-15-2-6-18(7-3-15)25-14-21(24)23-16-4-5-17(23)13-20(12-16)26-19-8-10-22-11-9-19/h2-3,6-11,16-17,20H,4-5,12-14H2,1H3. The van der Waals surface area contributed by atoms with E-state index in [0.717, 1.165) is 37.2 Å². The van der Waals surface area contributed by atoms with E-state index >= 15 is 0 Å². The Labute approximate surface area is 153 Å². The van der Waals surface area contributed by atoms with Gasteiger partial charge in [0.1, 0.15) is 17.6 Å². The summed E-state index contributed by atoms with van der Waals surface area (Å²) in [5, 5.41) is 0. The fraction of sp³-hybridized carbons (Fsp3) is 0.429. The molecule has 1 aromatic carbocycles. The van der Waals surface area contributed by atoms with E-state index in [4.69, 9.17) is 9.47 Å². The minimum absolute atomic E-state index is 0.0837. The normalized spacial score (nSPS) is 24.3. The maximum atomic E-state index is 12.7. The van der Waals surface area contributed by atoms with Crippen molar-refractivity contribution in [3.63, 3.8) is 0 Å². The molecule has 4 rings (SSSR count). The number of aryl methyl sites for hydroxylation is 1. The van der Waals surface area contributed by atoms with Crippen molar-refractivity contribution in [1.29, 1.82) is 0 Å². The number of pyridine rings is 1. The van der Waals surface area contributed by atoms with E-state index in [1.54, 1.807) is 12.4 Å². The summed E-state index contributed by atoms with van der Waals surface area (Å²) in [7, 11) is 0.